The molecule has 8 nitrogen and oxygen atoms in total. The molecule has 10 heteroatoms. The first-order valence-electron chi connectivity index (χ1n) is 9.00. The Morgan fingerprint density at radius 3 is 2.38 bits per heavy atom. The lowest BCUT2D eigenvalue weighted by molar-refractivity contribution is -0.385. The van der Waals surface area contributed by atoms with Crippen LogP contribution in [-0.2, 0) is 14.8 Å². The number of hydrogen-bond donors (Lipinski definition) is 1. The molecule has 0 bridgehead atoms. The number of benzene rings is 2. The summed E-state index contributed by atoms with van der Waals surface area (Å²) in [6.07, 6.45) is 0.639. The van der Waals surface area contributed by atoms with Crippen LogP contribution in [0.4, 0.5) is 15.8 Å². The van der Waals surface area contributed by atoms with Crippen molar-refractivity contribution >= 4 is 27.3 Å². The zero-order valence-corrected chi connectivity index (χ0v) is 16.5. The highest BCUT2D eigenvalue weighted by molar-refractivity contribution is 7.89. The van der Waals surface area contributed by atoms with E-state index in [1.165, 1.54) is 28.6 Å². The van der Waals surface area contributed by atoms with Crippen LogP contribution in [0.25, 0.3) is 0 Å². The molecule has 0 saturated carbocycles. The van der Waals surface area contributed by atoms with E-state index in [1.807, 2.05) is 0 Å². The lowest BCUT2D eigenvalue weighted by Crippen LogP contribution is -2.41. The maximum absolute atomic E-state index is 13.0. The summed E-state index contributed by atoms with van der Waals surface area (Å²) in [5.74, 6) is -1.23. The SMILES string of the molecule is Cc1c(NC(=O)C2CCN(S(=O)(=O)c3ccc(F)cc3)CC2)cccc1[N+](=O)[O-]. The van der Waals surface area contributed by atoms with Gasteiger partial charge in [0.1, 0.15) is 5.82 Å². The molecule has 0 atom stereocenters. The smallest absolute Gasteiger partial charge is 0.274 e. The highest BCUT2D eigenvalue weighted by atomic mass is 32.2. The summed E-state index contributed by atoms with van der Waals surface area (Å²) in [6.45, 7) is 1.88. The highest BCUT2D eigenvalue weighted by Gasteiger charge is 2.32. The first-order chi connectivity index (χ1) is 13.7. The van der Waals surface area contributed by atoms with Crippen molar-refractivity contribution in [3.05, 3.63) is 64.0 Å². The van der Waals surface area contributed by atoms with Gasteiger partial charge in [-0.25, -0.2) is 12.8 Å². The summed E-state index contributed by atoms with van der Waals surface area (Å²) in [7, 11) is -3.75. The van der Waals surface area contributed by atoms with Gasteiger partial charge in [-0.15, -0.1) is 0 Å². The van der Waals surface area contributed by atoms with Crippen molar-refractivity contribution in [1.29, 1.82) is 0 Å². The number of piperidine rings is 1. The van der Waals surface area contributed by atoms with E-state index in [0.29, 0.717) is 24.1 Å². The third-order valence-electron chi connectivity index (χ3n) is 5.04. The van der Waals surface area contributed by atoms with Gasteiger partial charge in [-0.3, -0.25) is 14.9 Å². The summed E-state index contributed by atoms with van der Waals surface area (Å²) >= 11 is 0. The quantitative estimate of drug-likeness (QED) is 0.589. The number of nitrogens with one attached hydrogen (secondary N) is 1. The molecule has 1 N–H and O–H groups in total. The molecule has 1 aliphatic rings. The summed E-state index contributed by atoms with van der Waals surface area (Å²) in [5, 5.41) is 13.8. The fraction of sp³-hybridized carbons (Fsp3) is 0.316. The Hall–Kier alpha value is -2.85. The summed E-state index contributed by atoms with van der Waals surface area (Å²) in [5.41, 5.74) is 0.649. The maximum atomic E-state index is 13.0. The number of sulfonamides is 1. The Kier molecular flexibility index (Phi) is 5.94. The van der Waals surface area contributed by atoms with Gasteiger partial charge in [0.25, 0.3) is 5.69 Å². The molecule has 154 valence electrons. The van der Waals surface area contributed by atoms with Gasteiger partial charge < -0.3 is 5.32 Å². The zero-order valence-electron chi connectivity index (χ0n) is 15.7. The number of rotatable bonds is 5. The number of nitro benzene ring substituents is 1. The predicted octanol–water partition coefficient (Wildman–Crippen LogP) is 3.08. The van der Waals surface area contributed by atoms with Crippen LogP contribution in [0.3, 0.4) is 0 Å². The van der Waals surface area contributed by atoms with E-state index in [9.17, 15) is 27.7 Å². The third-order valence-corrected chi connectivity index (χ3v) is 6.95. The first-order valence-corrected chi connectivity index (χ1v) is 10.4. The van der Waals surface area contributed by atoms with Gasteiger partial charge in [-0.2, -0.15) is 4.31 Å². The molecule has 1 heterocycles. The Morgan fingerprint density at radius 1 is 1.17 bits per heavy atom. The number of nitro groups is 1. The van der Waals surface area contributed by atoms with Gasteiger partial charge in [0.05, 0.1) is 21.1 Å². The van der Waals surface area contributed by atoms with Crippen molar-refractivity contribution in [2.75, 3.05) is 18.4 Å². The number of nitrogens with zero attached hydrogens (tertiary/aromatic N) is 2. The van der Waals surface area contributed by atoms with Gasteiger partial charge >= 0.3 is 0 Å². The maximum Gasteiger partial charge on any atom is 0.274 e. The largest absolute Gasteiger partial charge is 0.325 e. The van der Waals surface area contributed by atoms with Crippen LogP contribution in [0.2, 0.25) is 0 Å². The number of amides is 1. The zero-order chi connectivity index (χ0) is 21.2. The average Bonchev–Trinajstić information content (AvgIpc) is 2.69. The van der Waals surface area contributed by atoms with Crippen molar-refractivity contribution in [2.45, 2.75) is 24.7 Å². The molecule has 1 fully saturated rings. The molecule has 0 spiro atoms. The lowest BCUT2D eigenvalue weighted by atomic mass is 9.97. The minimum Gasteiger partial charge on any atom is -0.325 e. The molecule has 0 aliphatic carbocycles. The number of halogens is 1. The third kappa shape index (κ3) is 4.43. The Labute approximate surface area is 167 Å². The molecule has 0 aromatic heterocycles. The molecule has 0 radical (unpaired) electrons. The number of carbonyl (C=O) groups is 1. The molecular weight excluding hydrogens is 401 g/mol. The van der Waals surface area contributed by atoms with Crippen LogP contribution in [0, 0.1) is 28.8 Å². The number of carbonyl (C=O) groups excluding carboxylic acids is 1. The Bertz CT molecular complexity index is 1030. The molecule has 1 saturated heterocycles. The topological polar surface area (TPSA) is 110 Å². The van der Waals surface area contributed by atoms with Gasteiger partial charge in [-0.1, -0.05) is 6.07 Å². The van der Waals surface area contributed by atoms with Crippen LogP contribution in [0.5, 0.6) is 0 Å². The summed E-state index contributed by atoms with van der Waals surface area (Å²) in [6, 6.07) is 9.07. The highest BCUT2D eigenvalue weighted by Crippen LogP contribution is 2.28. The molecule has 0 unspecified atom stereocenters. The van der Waals surface area contributed by atoms with E-state index in [0.717, 1.165) is 12.1 Å². The van der Waals surface area contributed by atoms with E-state index in [4.69, 9.17) is 0 Å². The van der Waals surface area contributed by atoms with Crippen LogP contribution < -0.4 is 5.32 Å². The van der Waals surface area contributed by atoms with Gasteiger partial charge in [0, 0.05) is 25.1 Å². The van der Waals surface area contributed by atoms with Crippen LogP contribution in [0.1, 0.15) is 18.4 Å². The standard InChI is InChI=1S/C19H20FN3O5S/c1-13-17(3-2-4-18(13)23(25)26)21-19(24)14-9-11-22(12-10-14)29(27,28)16-7-5-15(20)6-8-16/h2-8,14H,9-12H2,1H3,(H,21,24). The van der Waals surface area contributed by atoms with E-state index < -0.39 is 26.7 Å². The fourth-order valence-electron chi connectivity index (χ4n) is 3.31. The Balaban J connectivity index is 1.65. The molecule has 2 aromatic rings. The van der Waals surface area contributed by atoms with Crippen molar-refractivity contribution < 1.29 is 22.5 Å². The monoisotopic (exact) mass is 421 g/mol. The molecular formula is C19H20FN3O5S. The second-order valence-electron chi connectivity index (χ2n) is 6.83. The minimum atomic E-state index is -3.75. The molecule has 1 aliphatic heterocycles. The molecule has 3 rings (SSSR count). The van der Waals surface area contributed by atoms with Gasteiger partial charge in [-0.05, 0) is 50.1 Å². The Morgan fingerprint density at radius 2 is 1.79 bits per heavy atom. The van der Waals surface area contributed by atoms with Crippen LogP contribution in [-0.4, -0.2) is 36.6 Å². The molecule has 1 amide bonds. The van der Waals surface area contributed by atoms with E-state index >= 15 is 0 Å². The normalized spacial score (nSPS) is 15.8. The van der Waals surface area contributed by atoms with Gasteiger partial charge in [0.15, 0.2) is 0 Å². The second-order valence-corrected chi connectivity index (χ2v) is 8.77. The number of hydrogen-bond acceptors (Lipinski definition) is 5. The number of anilines is 1. The van der Waals surface area contributed by atoms with Crippen LogP contribution in [0.15, 0.2) is 47.4 Å². The molecule has 2 aromatic carbocycles. The van der Waals surface area contributed by atoms with Crippen LogP contribution >= 0.6 is 0 Å². The molecule has 29 heavy (non-hydrogen) atoms. The van der Waals surface area contributed by atoms with Crippen molar-refractivity contribution in [1.82, 2.24) is 4.31 Å². The van der Waals surface area contributed by atoms with E-state index in [2.05, 4.69) is 5.32 Å². The average molecular weight is 421 g/mol. The van der Waals surface area contributed by atoms with E-state index in [-0.39, 0.29) is 29.6 Å². The lowest BCUT2D eigenvalue weighted by Gasteiger charge is -2.30. The first kappa shape index (κ1) is 20.9. The fourth-order valence-corrected chi connectivity index (χ4v) is 4.78. The van der Waals surface area contributed by atoms with Crippen molar-refractivity contribution in [3.63, 3.8) is 0 Å². The predicted molar refractivity (Wildman–Crippen MR) is 104 cm³/mol. The summed E-state index contributed by atoms with van der Waals surface area (Å²) < 4.78 is 39.6. The van der Waals surface area contributed by atoms with Gasteiger partial charge in [0.2, 0.25) is 15.9 Å². The van der Waals surface area contributed by atoms with Crippen molar-refractivity contribution in [3.8, 4) is 0 Å². The minimum absolute atomic E-state index is 0.00835. The second kappa shape index (κ2) is 8.26. The van der Waals surface area contributed by atoms with E-state index in [1.54, 1.807) is 13.0 Å². The summed E-state index contributed by atoms with van der Waals surface area (Å²) in [4.78, 5) is 23.1. The van der Waals surface area contributed by atoms with Crippen molar-refractivity contribution in [2.24, 2.45) is 5.92 Å².